The number of hydrogen-bond donors (Lipinski definition) is 1. The third-order valence-electron chi connectivity index (χ3n) is 5.83. The molecule has 180 valence electrons. The molecule has 4 rings (SSSR count). The average molecular weight is 484 g/mol. The van der Waals surface area contributed by atoms with Crippen LogP contribution in [-0.2, 0) is 16.6 Å². The minimum Gasteiger partial charge on any atom is -0.495 e. The van der Waals surface area contributed by atoms with E-state index in [1.807, 2.05) is 44.2 Å². The molecule has 2 unspecified atom stereocenters. The first-order chi connectivity index (χ1) is 16.3. The summed E-state index contributed by atoms with van der Waals surface area (Å²) in [6.45, 7) is 5.48. The Labute approximate surface area is 199 Å². The molecule has 0 saturated carbocycles. The zero-order valence-electron chi connectivity index (χ0n) is 19.5. The number of ether oxygens (including phenoxy) is 1. The molecule has 2 heterocycles. The molecule has 1 aliphatic heterocycles. The van der Waals surface area contributed by atoms with Crippen molar-refractivity contribution in [3.05, 3.63) is 66.0 Å². The van der Waals surface area contributed by atoms with E-state index in [1.165, 1.54) is 35.9 Å². The molecule has 0 aliphatic carbocycles. The van der Waals surface area contributed by atoms with E-state index in [9.17, 15) is 13.2 Å². The molecule has 0 radical (unpaired) electrons. The number of sulfonamides is 1. The van der Waals surface area contributed by atoms with Crippen molar-refractivity contribution in [3.63, 3.8) is 0 Å². The third kappa shape index (κ3) is 5.28. The highest BCUT2D eigenvalue weighted by Gasteiger charge is 2.34. The topological polar surface area (TPSA) is 106 Å². The normalized spacial score (nSPS) is 19.0. The molecule has 34 heavy (non-hydrogen) atoms. The lowest BCUT2D eigenvalue weighted by Crippen LogP contribution is -2.42. The van der Waals surface area contributed by atoms with Crippen LogP contribution in [0.4, 0.5) is 5.95 Å². The van der Waals surface area contributed by atoms with Crippen molar-refractivity contribution < 1.29 is 17.9 Å². The molecule has 1 aromatic heterocycles. The van der Waals surface area contributed by atoms with Gasteiger partial charge in [0.2, 0.25) is 16.0 Å². The van der Waals surface area contributed by atoms with Crippen molar-refractivity contribution >= 4 is 21.9 Å². The Kier molecular flexibility index (Phi) is 6.99. The van der Waals surface area contributed by atoms with Gasteiger partial charge >= 0.3 is 0 Å². The van der Waals surface area contributed by atoms with Gasteiger partial charge in [-0.3, -0.25) is 10.1 Å². The molecule has 1 fully saturated rings. The van der Waals surface area contributed by atoms with Gasteiger partial charge in [0, 0.05) is 18.7 Å². The summed E-state index contributed by atoms with van der Waals surface area (Å²) >= 11 is 0. The Hall–Kier alpha value is -3.24. The lowest BCUT2D eigenvalue weighted by Gasteiger charge is -2.34. The van der Waals surface area contributed by atoms with Crippen LogP contribution in [0.15, 0.2) is 59.8 Å². The van der Waals surface area contributed by atoms with E-state index in [4.69, 9.17) is 4.74 Å². The first kappa shape index (κ1) is 23.9. The van der Waals surface area contributed by atoms with Crippen LogP contribution >= 0.6 is 0 Å². The number of nitrogens with zero attached hydrogens (tertiary/aromatic N) is 4. The van der Waals surface area contributed by atoms with E-state index in [0.717, 1.165) is 12.0 Å². The van der Waals surface area contributed by atoms with Crippen LogP contribution in [0.1, 0.15) is 36.2 Å². The number of amides is 1. The molecular weight excluding hydrogens is 454 g/mol. The standard InChI is InChI=1S/C24H29N5O4S/c1-17-11-18(2)14-29(13-17)34(31,32)22-12-20(9-10-21(22)33-3)23(30)26-24-25-16-28(27-24)15-19-7-5-4-6-8-19/h4-10,12,16-18H,11,13-15H2,1-3H3,(H,26,27,30). The van der Waals surface area contributed by atoms with Crippen LogP contribution < -0.4 is 10.1 Å². The van der Waals surface area contributed by atoms with Crippen molar-refractivity contribution in [2.75, 3.05) is 25.5 Å². The van der Waals surface area contributed by atoms with Crippen molar-refractivity contribution in [1.82, 2.24) is 19.1 Å². The van der Waals surface area contributed by atoms with Crippen LogP contribution in [0.3, 0.4) is 0 Å². The maximum Gasteiger partial charge on any atom is 0.258 e. The number of anilines is 1. The second-order valence-electron chi connectivity index (χ2n) is 8.84. The Morgan fingerprint density at radius 2 is 1.82 bits per heavy atom. The zero-order chi connectivity index (χ0) is 24.3. The van der Waals surface area contributed by atoms with Crippen LogP contribution in [-0.4, -0.2) is 53.6 Å². The molecule has 1 saturated heterocycles. The van der Waals surface area contributed by atoms with Gasteiger partial charge in [-0.15, -0.1) is 5.10 Å². The monoisotopic (exact) mass is 483 g/mol. The Bertz CT molecular complexity index is 1250. The number of piperidine rings is 1. The number of hydrogen-bond acceptors (Lipinski definition) is 6. The average Bonchev–Trinajstić information content (AvgIpc) is 3.25. The van der Waals surface area contributed by atoms with E-state index in [2.05, 4.69) is 15.4 Å². The molecule has 0 spiro atoms. The number of carbonyl (C=O) groups is 1. The smallest absolute Gasteiger partial charge is 0.258 e. The molecule has 3 aromatic rings. The fraction of sp³-hybridized carbons (Fsp3) is 0.375. The summed E-state index contributed by atoms with van der Waals surface area (Å²) in [5.74, 6) is 0.352. The summed E-state index contributed by atoms with van der Waals surface area (Å²) in [5.41, 5.74) is 1.23. The van der Waals surface area contributed by atoms with Gasteiger partial charge in [-0.2, -0.15) is 4.31 Å². The van der Waals surface area contributed by atoms with Gasteiger partial charge in [-0.25, -0.2) is 18.1 Å². The fourth-order valence-corrected chi connectivity index (χ4v) is 6.19. The third-order valence-corrected chi connectivity index (χ3v) is 7.68. The maximum absolute atomic E-state index is 13.5. The number of methoxy groups -OCH3 is 1. The van der Waals surface area contributed by atoms with E-state index >= 15 is 0 Å². The molecule has 1 N–H and O–H groups in total. The summed E-state index contributed by atoms with van der Waals surface area (Å²) in [7, 11) is -2.42. The van der Waals surface area contributed by atoms with Crippen LogP contribution in [0, 0.1) is 11.8 Å². The quantitative estimate of drug-likeness (QED) is 0.553. The minimum atomic E-state index is -3.84. The molecule has 1 aliphatic rings. The van der Waals surface area contributed by atoms with E-state index < -0.39 is 15.9 Å². The summed E-state index contributed by atoms with van der Waals surface area (Å²) in [4.78, 5) is 17.0. The SMILES string of the molecule is COc1ccc(C(=O)Nc2ncn(Cc3ccccc3)n2)cc1S(=O)(=O)N1CC(C)CC(C)C1. The molecule has 1 amide bonds. The van der Waals surface area contributed by atoms with Gasteiger partial charge in [-0.1, -0.05) is 44.2 Å². The molecular formula is C24H29N5O4S. The number of nitrogens with one attached hydrogen (secondary N) is 1. The van der Waals surface area contributed by atoms with Gasteiger partial charge in [0.25, 0.3) is 5.91 Å². The Balaban J connectivity index is 1.54. The van der Waals surface area contributed by atoms with Crippen molar-refractivity contribution in [1.29, 1.82) is 0 Å². The van der Waals surface area contributed by atoms with Crippen LogP contribution in [0.5, 0.6) is 5.75 Å². The van der Waals surface area contributed by atoms with Crippen LogP contribution in [0.25, 0.3) is 0 Å². The van der Waals surface area contributed by atoms with Gasteiger partial charge in [0.15, 0.2) is 0 Å². The maximum atomic E-state index is 13.5. The number of aromatic nitrogens is 3. The number of rotatable bonds is 7. The molecule has 10 heteroatoms. The molecule has 2 atom stereocenters. The molecule has 9 nitrogen and oxygen atoms in total. The first-order valence-corrected chi connectivity index (χ1v) is 12.6. The summed E-state index contributed by atoms with van der Waals surface area (Å²) in [6.07, 6.45) is 2.51. The summed E-state index contributed by atoms with van der Waals surface area (Å²) < 4.78 is 35.3. The van der Waals surface area contributed by atoms with Crippen LogP contribution in [0.2, 0.25) is 0 Å². The summed E-state index contributed by atoms with van der Waals surface area (Å²) in [6, 6.07) is 14.1. The minimum absolute atomic E-state index is 0.0217. The highest BCUT2D eigenvalue weighted by Crippen LogP contribution is 2.32. The second-order valence-corrected chi connectivity index (χ2v) is 10.7. The van der Waals surface area contributed by atoms with Crippen molar-refractivity contribution in [2.45, 2.75) is 31.7 Å². The van der Waals surface area contributed by atoms with Crippen molar-refractivity contribution in [2.24, 2.45) is 11.8 Å². The summed E-state index contributed by atoms with van der Waals surface area (Å²) in [5, 5.41) is 6.93. The lowest BCUT2D eigenvalue weighted by molar-refractivity contribution is 0.102. The van der Waals surface area contributed by atoms with Gasteiger partial charge < -0.3 is 4.74 Å². The van der Waals surface area contributed by atoms with Crippen molar-refractivity contribution in [3.8, 4) is 5.75 Å². The van der Waals surface area contributed by atoms with E-state index in [0.29, 0.717) is 19.6 Å². The molecule has 0 bridgehead atoms. The first-order valence-electron chi connectivity index (χ1n) is 11.2. The van der Waals surface area contributed by atoms with Gasteiger partial charge in [0.1, 0.15) is 17.0 Å². The zero-order valence-corrected chi connectivity index (χ0v) is 20.3. The largest absolute Gasteiger partial charge is 0.495 e. The van der Waals surface area contributed by atoms with Gasteiger partial charge in [0.05, 0.1) is 13.7 Å². The lowest BCUT2D eigenvalue weighted by atomic mass is 9.94. The van der Waals surface area contributed by atoms with Gasteiger partial charge in [-0.05, 0) is 42.0 Å². The highest BCUT2D eigenvalue weighted by molar-refractivity contribution is 7.89. The fourth-order valence-electron chi connectivity index (χ4n) is 4.33. The second kappa shape index (κ2) is 9.94. The predicted molar refractivity (Wildman–Crippen MR) is 128 cm³/mol. The number of carbonyl (C=O) groups excluding carboxylic acids is 1. The molecule has 2 aromatic carbocycles. The predicted octanol–water partition coefficient (Wildman–Crippen LogP) is 3.25. The van der Waals surface area contributed by atoms with E-state index in [1.54, 1.807) is 4.68 Å². The number of benzene rings is 2. The Morgan fingerprint density at radius 3 is 2.50 bits per heavy atom. The van der Waals surface area contributed by atoms with E-state index in [-0.39, 0.29) is 34.0 Å². The highest BCUT2D eigenvalue weighted by atomic mass is 32.2. The Morgan fingerprint density at radius 1 is 1.12 bits per heavy atom.